The fourth-order valence-electron chi connectivity index (χ4n) is 4.38. The first-order valence-electron chi connectivity index (χ1n) is 10.2. The summed E-state index contributed by atoms with van der Waals surface area (Å²) >= 11 is 0. The maximum Gasteiger partial charge on any atom is 0.0991 e. The van der Waals surface area contributed by atoms with Gasteiger partial charge in [-0.15, -0.1) is 0 Å². The average molecular weight is 369 g/mol. The number of rotatable bonds is 5. The minimum atomic E-state index is 0.514. The molecule has 2 aromatic carbocycles. The predicted molar refractivity (Wildman–Crippen MR) is 117 cm³/mol. The van der Waals surface area contributed by atoms with Gasteiger partial charge in [0.15, 0.2) is 0 Å². The molecule has 2 nitrogen and oxygen atoms in total. The number of aryl methyl sites for hydroxylation is 1. The molecule has 142 valence electrons. The van der Waals surface area contributed by atoms with Crippen molar-refractivity contribution in [2.75, 3.05) is 13.1 Å². The Labute approximate surface area is 168 Å². The maximum atomic E-state index is 8.96. The van der Waals surface area contributed by atoms with Gasteiger partial charge in [0.25, 0.3) is 0 Å². The molecule has 1 aliphatic carbocycles. The first-order valence-corrected chi connectivity index (χ1v) is 10.2. The monoisotopic (exact) mass is 368 g/mol. The van der Waals surface area contributed by atoms with Gasteiger partial charge >= 0.3 is 0 Å². The summed E-state index contributed by atoms with van der Waals surface area (Å²) in [7, 11) is 0. The quantitative estimate of drug-likeness (QED) is 0.625. The molecule has 1 aliphatic heterocycles. The van der Waals surface area contributed by atoms with Gasteiger partial charge < -0.3 is 4.90 Å². The lowest BCUT2D eigenvalue weighted by Crippen LogP contribution is -2.43. The number of allylic oxidation sites excluding steroid dienone is 1. The first-order chi connectivity index (χ1) is 13.5. The molecule has 0 radical (unpaired) electrons. The molecule has 0 atom stereocenters. The highest BCUT2D eigenvalue weighted by Gasteiger charge is 2.30. The van der Waals surface area contributed by atoms with E-state index in [4.69, 9.17) is 5.26 Å². The van der Waals surface area contributed by atoms with Crippen LogP contribution in [0, 0.1) is 18.3 Å². The molecule has 0 bridgehead atoms. The zero-order valence-electron chi connectivity index (χ0n) is 17.0. The second kappa shape index (κ2) is 7.32. The zero-order chi connectivity index (χ0) is 19.8. The van der Waals surface area contributed by atoms with Crippen LogP contribution < -0.4 is 0 Å². The summed E-state index contributed by atoms with van der Waals surface area (Å²) < 4.78 is 0. The highest BCUT2D eigenvalue weighted by atomic mass is 15.2. The molecule has 2 aliphatic rings. The third-order valence-corrected chi connectivity index (χ3v) is 6.49. The van der Waals surface area contributed by atoms with Gasteiger partial charge in [-0.25, -0.2) is 0 Å². The van der Waals surface area contributed by atoms with Crippen molar-refractivity contribution in [3.8, 4) is 6.07 Å². The van der Waals surface area contributed by atoms with E-state index in [9.17, 15) is 0 Å². The summed E-state index contributed by atoms with van der Waals surface area (Å²) in [5.41, 5.74) is 9.65. The van der Waals surface area contributed by atoms with Crippen LogP contribution in [0.4, 0.5) is 0 Å². The van der Waals surface area contributed by atoms with E-state index in [1.54, 1.807) is 0 Å². The minimum Gasteiger partial charge on any atom is -0.370 e. The predicted octanol–water partition coefficient (Wildman–Crippen LogP) is 6.24. The highest BCUT2D eigenvalue weighted by molar-refractivity contribution is 5.74. The molecule has 4 rings (SSSR count). The summed E-state index contributed by atoms with van der Waals surface area (Å²) in [5.74, 6) is 1.22. The third kappa shape index (κ3) is 3.27. The van der Waals surface area contributed by atoms with Crippen molar-refractivity contribution in [2.45, 2.75) is 44.9 Å². The summed E-state index contributed by atoms with van der Waals surface area (Å²) in [5, 5.41) is 8.96. The Hall–Kier alpha value is -2.79. The van der Waals surface area contributed by atoms with Crippen molar-refractivity contribution in [2.24, 2.45) is 0 Å². The van der Waals surface area contributed by atoms with Crippen molar-refractivity contribution in [1.29, 1.82) is 5.26 Å². The van der Waals surface area contributed by atoms with Gasteiger partial charge in [-0.2, -0.15) is 5.26 Å². The van der Waals surface area contributed by atoms with Crippen LogP contribution in [0.2, 0.25) is 0 Å². The van der Waals surface area contributed by atoms with E-state index >= 15 is 0 Å². The van der Waals surface area contributed by atoms with Crippen LogP contribution in [0.15, 0.2) is 49.6 Å². The number of likely N-dealkylation sites (tertiary alicyclic amines) is 1. The van der Waals surface area contributed by atoms with E-state index in [0.717, 1.165) is 29.9 Å². The van der Waals surface area contributed by atoms with Crippen molar-refractivity contribution in [3.05, 3.63) is 82.9 Å². The van der Waals surface area contributed by atoms with Crippen LogP contribution in [0.3, 0.4) is 0 Å². The summed E-state index contributed by atoms with van der Waals surface area (Å²) in [6.07, 6.45) is 3.95. The lowest BCUT2D eigenvalue weighted by atomic mass is 9.76. The molecule has 0 amide bonds. The topological polar surface area (TPSA) is 27.0 Å². The van der Waals surface area contributed by atoms with E-state index in [1.807, 2.05) is 12.1 Å². The van der Waals surface area contributed by atoms with Crippen LogP contribution in [-0.2, 0) is 0 Å². The number of nitrogens with zero attached hydrogens (tertiary/aromatic N) is 2. The van der Waals surface area contributed by atoms with Gasteiger partial charge in [0.1, 0.15) is 0 Å². The molecular weight excluding hydrogens is 340 g/mol. The van der Waals surface area contributed by atoms with Crippen molar-refractivity contribution in [3.63, 3.8) is 0 Å². The van der Waals surface area contributed by atoms with Crippen molar-refractivity contribution >= 4 is 11.3 Å². The molecule has 2 heteroatoms. The SMILES string of the molecule is C=C(C)c1cc(C(=C)N2CC(c3ccc(C#N)cc3)C2)c(C)cc1C1CCC1. The van der Waals surface area contributed by atoms with Gasteiger partial charge in [-0.1, -0.05) is 43.4 Å². The van der Waals surface area contributed by atoms with E-state index in [1.165, 1.54) is 47.1 Å². The molecule has 2 fully saturated rings. The second-order valence-electron chi connectivity index (χ2n) is 8.44. The Morgan fingerprint density at radius 2 is 1.71 bits per heavy atom. The van der Waals surface area contributed by atoms with Gasteiger partial charge in [0, 0.05) is 30.3 Å². The molecule has 2 aromatic rings. The largest absolute Gasteiger partial charge is 0.370 e. The van der Waals surface area contributed by atoms with Crippen LogP contribution in [0.1, 0.15) is 71.4 Å². The summed E-state index contributed by atoms with van der Waals surface area (Å²) in [6, 6.07) is 14.9. The molecule has 0 spiro atoms. The zero-order valence-corrected chi connectivity index (χ0v) is 17.0. The molecule has 0 aromatic heterocycles. The Kier molecular flexibility index (Phi) is 4.85. The molecule has 1 saturated carbocycles. The fraction of sp³-hybridized carbons (Fsp3) is 0.346. The van der Waals surface area contributed by atoms with E-state index in [-0.39, 0.29) is 0 Å². The highest BCUT2D eigenvalue weighted by Crippen LogP contribution is 2.42. The normalized spacial score (nSPS) is 16.8. The van der Waals surface area contributed by atoms with Gasteiger partial charge in [-0.05, 0) is 73.1 Å². The lowest BCUT2D eigenvalue weighted by molar-refractivity contribution is 0.237. The Morgan fingerprint density at radius 1 is 1.04 bits per heavy atom. The van der Waals surface area contributed by atoms with Crippen molar-refractivity contribution in [1.82, 2.24) is 4.90 Å². The number of nitriles is 1. The van der Waals surface area contributed by atoms with Crippen LogP contribution in [-0.4, -0.2) is 18.0 Å². The Balaban J connectivity index is 1.51. The molecular formula is C26H28N2. The third-order valence-electron chi connectivity index (χ3n) is 6.49. The second-order valence-corrected chi connectivity index (χ2v) is 8.44. The van der Waals surface area contributed by atoms with E-state index in [2.05, 4.69) is 62.2 Å². The molecule has 1 saturated heterocycles. The number of hydrogen-bond acceptors (Lipinski definition) is 2. The summed E-state index contributed by atoms with van der Waals surface area (Å²) in [4.78, 5) is 2.37. The van der Waals surface area contributed by atoms with Gasteiger partial charge in [0.2, 0.25) is 0 Å². The van der Waals surface area contributed by atoms with E-state index in [0.29, 0.717) is 11.8 Å². The summed E-state index contributed by atoms with van der Waals surface area (Å²) in [6.45, 7) is 15.0. The maximum absolute atomic E-state index is 8.96. The standard InChI is InChI=1S/C26H28N2/c1-17(2)24-13-25(18(3)12-26(24)22-6-5-7-22)19(4)28-15-23(16-28)21-10-8-20(14-27)9-11-21/h8-13,22-23H,1,4-7,15-16H2,2-3H3. The van der Waals surface area contributed by atoms with Crippen LogP contribution >= 0.6 is 0 Å². The lowest BCUT2D eigenvalue weighted by Gasteiger charge is -2.43. The first kappa shape index (κ1) is 18.6. The Morgan fingerprint density at radius 3 is 2.25 bits per heavy atom. The van der Waals surface area contributed by atoms with Gasteiger partial charge in [-0.3, -0.25) is 0 Å². The average Bonchev–Trinajstić information content (AvgIpc) is 2.59. The molecule has 0 unspecified atom stereocenters. The van der Waals surface area contributed by atoms with Crippen LogP contribution in [0.5, 0.6) is 0 Å². The minimum absolute atomic E-state index is 0.514. The number of benzene rings is 2. The molecule has 1 heterocycles. The number of hydrogen-bond donors (Lipinski definition) is 0. The smallest absolute Gasteiger partial charge is 0.0991 e. The van der Waals surface area contributed by atoms with Crippen LogP contribution in [0.25, 0.3) is 11.3 Å². The van der Waals surface area contributed by atoms with Gasteiger partial charge in [0.05, 0.1) is 11.6 Å². The fourth-order valence-corrected chi connectivity index (χ4v) is 4.38. The van der Waals surface area contributed by atoms with Crippen molar-refractivity contribution < 1.29 is 0 Å². The van der Waals surface area contributed by atoms with E-state index < -0.39 is 0 Å². The Bertz CT molecular complexity index is 965. The molecule has 28 heavy (non-hydrogen) atoms. The molecule has 0 N–H and O–H groups in total.